The minimum absolute atomic E-state index is 0.0718. The number of pyridine rings is 1. The Bertz CT molecular complexity index is 2710. The Morgan fingerprint density at radius 2 is 1.73 bits per heavy atom. The van der Waals surface area contributed by atoms with E-state index in [0.717, 1.165) is 74.4 Å². The predicted molar refractivity (Wildman–Crippen MR) is 239 cm³/mol. The number of aryl methyl sites for hydroxylation is 2. The zero-order chi connectivity index (χ0) is 43.9. The van der Waals surface area contributed by atoms with Crippen molar-refractivity contribution in [3.63, 3.8) is 0 Å². The summed E-state index contributed by atoms with van der Waals surface area (Å²) in [4.78, 5) is 54.4. The topological polar surface area (TPSA) is 155 Å². The van der Waals surface area contributed by atoms with Gasteiger partial charge in [0.15, 0.2) is 12.4 Å². The molecule has 3 aromatic heterocycles. The van der Waals surface area contributed by atoms with Gasteiger partial charge in [-0.15, -0.1) is 0 Å². The van der Waals surface area contributed by atoms with Crippen LogP contribution in [0.4, 0.5) is 37.6 Å². The van der Waals surface area contributed by atoms with Crippen LogP contribution in [0, 0.1) is 11.8 Å². The quantitative estimate of drug-likeness (QED) is 0.153. The van der Waals surface area contributed by atoms with Crippen LogP contribution in [-0.4, -0.2) is 104 Å². The Kier molecular flexibility index (Phi) is 10.3. The number of nitrogens with one attached hydrogen (secondary N) is 3. The molecule has 2 amide bonds. The number of rotatable bonds is 8. The van der Waals surface area contributed by atoms with Crippen molar-refractivity contribution in [2.45, 2.75) is 75.8 Å². The fourth-order valence-electron chi connectivity index (χ4n) is 10.1. The summed E-state index contributed by atoms with van der Waals surface area (Å²) in [6.07, 6.45) is 5.76. The summed E-state index contributed by atoms with van der Waals surface area (Å²) in [6, 6.07) is 10.6. The molecule has 2 aromatic carbocycles. The van der Waals surface area contributed by atoms with Gasteiger partial charge < -0.3 is 29.7 Å². The largest absolute Gasteiger partial charge is 0.480 e. The smallest absolute Gasteiger partial charge is 0.301 e. The summed E-state index contributed by atoms with van der Waals surface area (Å²) in [5.74, 6) is -2.86. The highest BCUT2D eigenvalue weighted by Crippen LogP contribution is 2.46. The summed E-state index contributed by atoms with van der Waals surface area (Å²) in [5, 5.41) is 15.4. The van der Waals surface area contributed by atoms with Crippen LogP contribution >= 0.6 is 11.6 Å². The molecule has 5 aliphatic rings. The van der Waals surface area contributed by atoms with Gasteiger partial charge in [0.1, 0.15) is 5.02 Å². The lowest BCUT2D eigenvalue weighted by atomic mass is 9.91. The SMILES string of the molecule is Cn1nc(C2CCC(=O)NC2=O)c2ccc(N3CCN(CC4CCN(c5ncc(Cl)c(Nc6ccc7c(c6)c6c(c(=O)n7C)OCC(F)(F)[C@H](C7CC7)N6)n5)CC4)C(C)(C)C3)cc21. The highest BCUT2D eigenvalue weighted by molar-refractivity contribution is 6.33. The van der Waals surface area contributed by atoms with Crippen molar-refractivity contribution >= 4 is 74.0 Å². The van der Waals surface area contributed by atoms with Gasteiger partial charge in [0.25, 0.3) is 5.56 Å². The van der Waals surface area contributed by atoms with Gasteiger partial charge in [-0.05, 0) is 94.2 Å². The normalized spacial score (nSPS) is 23.0. The molecule has 15 nitrogen and oxygen atoms in total. The number of halogens is 3. The monoisotopic (exact) mass is 883 g/mol. The van der Waals surface area contributed by atoms with Gasteiger partial charge in [-0.1, -0.05) is 11.6 Å². The van der Waals surface area contributed by atoms with Crippen LogP contribution in [0.2, 0.25) is 5.02 Å². The van der Waals surface area contributed by atoms with E-state index in [2.05, 4.69) is 67.7 Å². The summed E-state index contributed by atoms with van der Waals surface area (Å²) in [7, 11) is 3.51. The lowest BCUT2D eigenvalue weighted by Gasteiger charge is -2.49. The lowest BCUT2D eigenvalue weighted by Crippen LogP contribution is -2.60. The average Bonchev–Trinajstić information content (AvgIpc) is 4.06. The van der Waals surface area contributed by atoms with Crippen LogP contribution in [-0.2, 0) is 23.7 Å². The predicted octanol–water partition coefficient (Wildman–Crippen LogP) is 6.17. The molecule has 4 aliphatic heterocycles. The molecule has 0 radical (unpaired) electrons. The molecule has 3 N–H and O–H groups in total. The number of hydrogen-bond donors (Lipinski definition) is 3. The summed E-state index contributed by atoms with van der Waals surface area (Å²) < 4.78 is 39.2. The van der Waals surface area contributed by atoms with E-state index in [1.165, 1.54) is 4.57 Å². The van der Waals surface area contributed by atoms with Crippen molar-refractivity contribution in [3.8, 4) is 5.75 Å². The first-order valence-corrected chi connectivity index (χ1v) is 22.3. The highest BCUT2D eigenvalue weighted by Gasteiger charge is 2.51. The number of anilines is 5. The van der Waals surface area contributed by atoms with E-state index < -0.39 is 30.0 Å². The van der Waals surface area contributed by atoms with Crippen LogP contribution in [0.15, 0.2) is 47.4 Å². The molecule has 18 heteroatoms. The zero-order valence-electron chi connectivity index (χ0n) is 35.9. The van der Waals surface area contributed by atoms with E-state index in [9.17, 15) is 14.4 Å². The Labute approximate surface area is 368 Å². The Balaban J connectivity index is 0.785. The van der Waals surface area contributed by atoms with Gasteiger partial charge in [-0.25, -0.2) is 13.8 Å². The number of hydrogen-bond acceptors (Lipinski definition) is 12. The second-order valence-corrected chi connectivity index (χ2v) is 19.0. The minimum atomic E-state index is -3.13. The van der Waals surface area contributed by atoms with Crippen LogP contribution in [0.1, 0.15) is 64.0 Å². The number of aromatic nitrogens is 5. The number of imide groups is 1. The molecule has 7 heterocycles. The molecule has 3 saturated heterocycles. The van der Waals surface area contributed by atoms with Crippen LogP contribution in [0.25, 0.3) is 21.8 Å². The molecule has 10 rings (SSSR count). The van der Waals surface area contributed by atoms with Crippen molar-refractivity contribution in [3.05, 3.63) is 63.7 Å². The van der Waals surface area contributed by atoms with Crippen molar-refractivity contribution in [2.24, 2.45) is 25.9 Å². The number of amides is 2. The molecule has 1 unspecified atom stereocenters. The zero-order valence-corrected chi connectivity index (χ0v) is 36.6. The first-order valence-electron chi connectivity index (χ1n) is 21.9. The van der Waals surface area contributed by atoms with Gasteiger partial charge in [-0.3, -0.25) is 29.3 Å². The maximum atomic E-state index is 15.2. The third-order valence-electron chi connectivity index (χ3n) is 13.9. The summed E-state index contributed by atoms with van der Waals surface area (Å²) in [6.45, 7) is 9.04. The third kappa shape index (κ3) is 7.70. The molecule has 1 saturated carbocycles. The third-order valence-corrected chi connectivity index (χ3v) is 14.1. The molecule has 5 aromatic rings. The van der Waals surface area contributed by atoms with Crippen LogP contribution < -0.4 is 36.0 Å². The Hall–Kier alpha value is -5.55. The summed E-state index contributed by atoms with van der Waals surface area (Å²) in [5.41, 5.74) is 3.74. The standard InChI is InChI=1S/C45H52ClF2N11O4/c1-44(2)23-58(28-8-9-29-34(20-28)56(4)54-36(29)30-10-12-35(60)51-41(30)61)17-18-59(44)22-25-13-15-57(16-14-25)43-49-21-32(46)40(53-43)50-27-7-11-33-31(19-27)37-38(42(62)55(33)3)63-24-45(47,48)39(52-37)26-5-6-26/h7-9,11,19-21,25-26,30,39,52H,5-6,10,12-18,22-24H2,1-4H3,(H,49,50,53)(H,51,60,61)/t30?,39-/m0/s1. The number of benzene rings is 2. The number of piperidine rings is 2. The molecule has 4 fully saturated rings. The van der Waals surface area contributed by atoms with Gasteiger partial charge in [0.05, 0.1) is 40.6 Å². The van der Waals surface area contributed by atoms with E-state index in [0.29, 0.717) is 65.0 Å². The number of ether oxygens (including phenoxy) is 1. The van der Waals surface area contributed by atoms with Gasteiger partial charge >= 0.3 is 5.92 Å². The molecule has 1 aliphatic carbocycles. The van der Waals surface area contributed by atoms with Crippen molar-refractivity contribution < 1.29 is 23.1 Å². The maximum absolute atomic E-state index is 15.2. The van der Waals surface area contributed by atoms with E-state index >= 15 is 8.78 Å². The second kappa shape index (κ2) is 15.6. The average molecular weight is 884 g/mol. The number of piperazine rings is 1. The minimum Gasteiger partial charge on any atom is -0.480 e. The number of alkyl halides is 2. The number of carbonyl (C=O) groups excluding carboxylic acids is 2. The molecule has 0 bridgehead atoms. The van der Waals surface area contributed by atoms with Crippen molar-refractivity contribution in [1.29, 1.82) is 0 Å². The fourth-order valence-corrected chi connectivity index (χ4v) is 10.2. The maximum Gasteiger partial charge on any atom is 0.301 e. The van der Waals surface area contributed by atoms with E-state index in [1.54, 1.807) is 19.3 Å². The number of fused-ring (bicyclic) bond motifs is 4. The van der Waals surface area contributed by atoms with Crippen molar-refractivity contribution in [1.82, 2.24) is 34.5 Å². The van der Waals surface area contributed by atoms with Crippen molar-refractivity contribution in [2.75, 3.05) is 66.3 Å². The van der Waals surface area contributed by atoms with E-state index in [4.69, 9.17) is 26.4 Å². The second-order valence-electron chi connectivity index (χ2n) is 18.6. The van der Waals surface area contributed by atoms with Gasteiger partial charge in [0.2, 0.25) is 23.5 Å². The molecule has 332 valence electrons. The number of carbonyl (C=O) groups is 2. The first kappa shape index (κ1) is 41.5. The highest BCUT2D eigenvalue weighted by atomic mass is 35.5. The van der Waals surface area contributed by atoms with Crippen LogP contribution in [0.5, 0.6) is 5.75 Å². The number of nitrogens with zero attached hydrogens (tertiary/aromatic N) is 8. The van der Waals surface area contributed by atoms with Gasteiger partial charge in [0, 0.05) is 87.5 Å². The molecule has 0 spiro atoms. The Morgan fingerprint density at radius 1 is 0.937 bits per heavy atom. The fraction of sp³-hybridized carbons (Fsp3) is 0.511. The summed E-state index contributed by atoms with van der Waals surface area (Å²) >= 11 is 6.66. The van der Waals surface area contributed by atoms with E-state index in [1.807, 2.05) is 23.9 Å². The molecule has 63 heavy (non-hydrogen) atoms. The lowest BCUT2D eigenvalue weighted by molar-refractivity contribution is -0.134. The molecular formula is C45H52ClF2N11O4. The van der Waals surface area contributed by atoms with Crippen LogP contribution in [0.3, 0.4) is 0 Å². The van der Waals surface area contributed by atoms with Gasteiger partial charge in [-0.2, -0.15) is 10.1 Å². The van der Waals surface area contributed by atoms with E-state index in [-0.39, 0.29) is 34.7 Å². The Morgan fingerprint density at radius 3 is 2.48 bits per heavy atom. The molecular weight excluding hydrogens is 832 g/mol. The first-order chi connectivity index (χ1) is 30.1. The molecule has 2 atom stereocenters.